The molecule has 0 fully saturated rings. The highest BCUT2D eigenvalue weighted by Gasteiger charge is 2.22. The Morgan fingerprint density at radius 2 is 0.903 bits per heavy atom. The fourth-order valence-corrected chi connectivity index (χ4v) is 4.18. The third kappa shape index (κ3) is 5.22. The molecule has 0 aliphatic heterocycles. The largest absolute Gasteiger partial charge is 0.0622 e. The molecule has 0 heterocycles. The first kappa shape index (κ1) is 20.9. The van der Waals surface area contributed by atoms with Gasteiger partial charge in [-0.15, -0.1) is 0 Å². The molecule has 0 spiro atoms. The summed E-state index contributed by atoms with van der Waals surface area (Å²) in [6, 6.07) is 37.5. The molecule has 0 aromatic heterocycles. The summed E-state index contributed by atoms with van der Waals surface area (Å²) in [5.41, 5.74) is 9.13. The lowest BCUT2D eigenvalue weighted by Crippen LogP contribution is -2.10. The molecule has 4 aromatic rings. The maximum atomic E-state index is 2.34. The van der Waals surface area contributed by atoms with Crippen molar-refractivity contribution in [1.29, 1.82) is 0 Å². The van der Waals surface area contributed by atoms with E-state index in [0.717, 1.165) is 0 Å². The molecule has 4 rings (SSSR count). The zero-order valence-corrected chi connectivity index (χ0v) is 18.6. The first-order chi connectivity index (χ1) is 15.1. The standard InChI is InChI=1S/C31H30/c1-23-9-13-26(14-10-23)15-16-27-17-21-30(22-18-27)31(29-19-11-24(2)12-20-29)25(3)28-7-5-4-6-8-28/h4-22,25,31H,1-3H3/b16-15+. The SMILES string of the molecule is Cc1ccc(/C=C/c2ccc(C(c3ccc(C)cc3)C(C)c3ccccc3)cc2)cc1. The number of hydrogen-bond acceptors (Lipinski definition) is 0. The van der Waals surface area contributed by atoms with Crippen LogP contribution in [0.2, 0.25) is 0 Å². The third-order valence-electron chi connectivity index (χ3n) is 6.10. The molecule has 0 nitrogen and oxygen atoms in total. The molecule has 0 aliphatic rings. The van der Waals surface area contributed by atoms with Crippen molar-refractivity contribution < 1.29 is 0 Å². The van der Waals surface area contributed by atoms with Gasteiger partial charge in [0.1, 0.15) is 0 Å². The van der Waals surface area contributed by atoms with E-state index >= 15 is 0 Å². The van der Waals surface area contributed by atoms with Gasteiger partial charge >= 0.3 is 0 Å². The molecule has 154 valence electrons. The van der Waals surface area contributed by atoms with Crippen molar-refractivity contribution in [3.63, 3.8) is 0 Å². The molecule has 0 saturated carbocycles. The summed E-state index contributed by atoms with van der Waals surface area (Å²) in [5.74, 6) is 0.705. The Labute approximate surface area is 186 Å². The lowest BCUT2D eigenvalue weighted by molar-refractivity contribution is 0.657. The second-order valence-electron chi connectivity index (χ2n) is 8.50. The summed E-state index contributed by atoms with van der Waals surface area (Å²) < 4.78 is 0. The van der Waals surface area contributed by atoms with E-state index in [2.05, 4.69) is 136 Å². The van der Waals surface area contributed by atoms with E-state index in [4.69, 9.17) is 0 Å². The van der Waals surface area contributed by atoms with Crippen LogP contribution < -0.4 is 0 Å². The van der Waals surface area contributed by atoms with Crippen molar-refractivity contribution in [2.24, 2.45) is 0 Å². The van der Waals surface area contributed by atoms with E-state index in [1.54, 1.807) is 0 Å². The van der Waals surface area contributed by atoms with E-state index in [-0.39, 0.29) is 0 Å². The highest BCUT2D eigenvalue weighted by molar-refractivity contribution is 5.69. The van der Waals surface area contributed by atoms with Crippen molar-refractivity contribution in [1.82, 2.24) is 0 Å². The van der Waals surface area contributed by atoms with Crippen molar-refractivity contribution in [3.8, 4) is 0 Å². The number of hydrogen-bond donors (Lipinski definition) is 0. The molecule has 0 heteroatoms. The average Bonchev–Trinajstić information content (AvgIpc) is 2.81. The summed E-state index contributed by atoms with van der Waals surface area (Å²) in [7, 11) is 0. The first-order valence-corrected chi connectivity index (χ1v) is 11.1. The Balaban J connectivity index is 1.63. The number of rotatable bonds is 6. The molecule has 0 radical (unpaired) electrons. The molecule has 2 atom stereocenters. The smallest absolute Gasteiger partial charge is 0.0155 e. The predicted molar refractivity (Wildman–Crippen MR) is 134 cm³/mol. The molecule has 4 aromatic carbocycles. The van der Waals surface area contributed by atoms with Crippen LogP contribution in [-0.4, -0.2) is 0 Å². The van der Waals surface area contributed by atoms with Crippen LogP contribution in [-0.2, 0) is 0 Å². The minimum absolute atomic E-state index is 0.318. The highest BCUT2D eigenvalue weighted by atomic mass is 14.3. The quantitative estimate of drug-likeness (QED) is 0.284. The zero-order valence-electron chi connectivity index (χ0n) is 18.6. The van der Waals surface area contributed by atoms with Crippen molar-refractivity contribution in [3.05, 3.63) is 142 Å². The van der Waals surface area contributed by atoms with Crippen molar-refractivity contribution in [2.75, 3.05) is 0 Å². The fourth-order valence-electron chi connectivity index (χ4n) is 4.18. The molecule has 0 aliphatic carbocycles. The second kappa shape index (κ2) is 9.62. The van der Waals surface area contributed by atoms with E-state index in [0.29, 0.717) is 11.8 Å². The van der Waals surface area contributed by atoms with Crippen LogP contribution in [0.1, 0.15) is 57.7 Å². The molecule has 2 unspecified atom stereocenters. The van der Waals surface area contributed by atoms with Crippen LogP contribution in [0.3, 0.4) is 0 Å². The maximum Gasteiger partial charge on any atom is 0.0155 e. The second-order valence-corrected chi connectivity index (χ2v) is 8.50. The molecule has 0 N–H and O–H groups in total. The Bertz CT molecular complexity index is 1120. The van der Waals surface area contributed by atoms with Crippen LogP contribution in [0, 0.1) is 13.8 Å². The highest BCUT2D eigenvalue weighted by Crippen LogP contribution is 2.38. The summed E-state index contributed by atoms with van der Waals surface area (Å²) in [4.78, 5) is 0. The van der Waals surface area contributed by atoms with Gasteiger partial charge < -0.3 is 0 Å². The van der Waals surface area contributed by atoms with Crippen molar-refractivity contribution in [2.45, 2.75) is 32.6 Å². The molecule has 31 heavy (non-hydrogen) atoms. The maximum absolute atomic E-state index is 2.34. The van der Waals surface area contributed by atoms with E-state index < -0.39 is 0 Å². The lowest BCUT2D eigenvalue weighted by Gasteiger charge is -2.26. The summed E-state index contributed by atoms with van der Waals surface area (Å²) in [5, 5.41) is 0. The minimum Gasteiger partial charge on any atom is -0.0622 e. The van der Waals surface area contributed by atoms with Crippen LogP contribution in [0.15, 0.2) is 103 Å². The fraction of sp³-hybridized carbons (Fsp3) is 0.161. The molecular formula is C31H30. The Morgan fingerprint density at radius 3 is 1.42 bits per heavy atom. The zero-order chi connectivity index (χ0) is 21.6. The van der Waals surface area contributed by atoms with Crippen LogP contribution in [0.5, 0.6) is 0 Å². The van der Waals surface area contributed by atoms with Gasteiger partial charge in [-0.25, -0.2) is 0 Å². The van der Waals surface area contributed by atoms with Gasteiger partial charge in [-0.2, -0.15) is 0 Å². The molecule has 0 amide bonds. The van der Waals surface area contributed by atoms with Crippen LogP contribution in [0.4, 0.5) is 0 Å². The summed E-state index contributed by atoms with van der Waals surface area (Å²) in [6.45, 7) is 6.60. The van der Waals surface area contributed by atoms with E-state index in [9.17, 15) is 0 Å². The minimum atomic E-state index is 0.318. The Hall–Kier alpha value is -3.38. The topological polar surface area (TPSA) is 0 Å². The van der Waals surface area contributed by atoms with Gasteiger partial charge in [-0.05, 0) is 47.6 Å². The summed E-state index contributed by atoms with van der Waals surface area (Å²) >= 11 is 0. The summed E-state index contributed by atoms with van der Waals surface area (Å²) in [6.07, 6.45) is 4.37. The van der Waals surface area contributed by atoms with Gasteiger partial charge in [0.15, 0.2) is 0 Å². The van der Waals surface area contributed by atoms with Crippen LogP contribution in [0.25, 0.3) is 12.2 Å². The van der Waals surface area contributed by atoms with Gasteiger partial charge in [0.05, 0.1) is 0 Å². The third-order valence-corrected chi connectivity index (χ3v) is 6.10. The number of aryl methyl sites for hydroxylation is 2. The van der Waals surface area contributed by atoms with Crippen LogP contribution >= 0.6 is 0 Å². The van der Waals surface area contributed by atoms with E-state index in [1.165, 1.54) is 38.9 Å². The van der Waals surface area contributed by atoms with E-state index in [1.807, 2.05) is 0 Å². The normalized spacial score (nSPS) is 13.3. The van der Waals surface area contributed by atoms with Crippen molar-refractivity contribution >= 4 is 12.2 Å². The Morgan fingerprint density at radius 1 is 0.484 bits per heavy atom. The van der Waals surface area contributed by atoms with Gasteiger partial charge in [0.25, 0.3) is 0 Å². The van der Waals surface area contributed by atoms with Gasteiger partial charge in [-0.1, -0.05) is 133 Å². The van der Waals surface area contributed by atoms with Gasteiger partial charge in [0.2, 0.25) is 0 Å². The lowest BCUT2D eigenvalue weighted by atomic mass is 9.78. The van der Waals surface area contributed by atoms with Gasteiger partial charge in [0, 0.05) is 5.92 Å². The number of benzene rings is 4. The predicted octanol–water partition coefficient (Wildman–Crippen LogP) is 8.41. The molecule has 0 bridgehead atoms. The Kier molecular flexibility index (Phi) is 6.48. The molecular weight excluding hydrogens is 372 g/mol. The average molecular weight is 403 g/mol. The first-order valence-electron chi connectivity index (χ1n) is 11.1. The van der Waals surface area contributed by atoms with Gasteiger partial charge in [-0.3, -0.25) is 0 Å². The monoisotopic (exact) mass is 402 g/mol. The molecule has 0 saturated heterocycles.